The molecule has 0 saturated carbocycles. The molecule has 0 aromatic heterocycles. The summed E-state index contributed by atoms with van der Waals surface area (Å²) >= 11 is 0. The number of hydrogen-bond donors (Lipinski definition) is 2. The van der Waals surface area contributed by atoms with E-state index in [-0.39, 0.29) is 5.92 Å². The van der Waals surface area contributed by atoms with E-state index in [0.29, 0.717) is 0 Å². The van der Waals surface area contributed by atoms with Gasteiger partial charge in [-0.15, -0.1) is 0 Å². The molecule has 1 aliphatic rings. The molecule has 0 bridgehead atoms. The average molecular weight is 148 g/mol. The average Bonchev–Trinajstić information content (AvgIpc) is 2.09. The molecule has 60 valence electrons. The molecule has 1 fully saturated rings. The summed E-state index contributed by atoms with van der Waals surface area (Å²) in [6, 6.07) is 0. The van der Waals surface area contributed by atoms with E-state index in [2.05, 4.69) is 4.74 Å². The van der Waals surface area contributed by atoms with Crippen molar-refractivity contribution in [2.75, 3.05) is 7.11 Å². The Morgan fingerprint density at radius 2 is 1.90 bits per heavy atom. The van der Waals surface area contributed by atoms with Crippen molar-refractivity contribution in [1.29, 1.82) is 0 Å². The van der Waals surface area contributed by atoms with Gasteiger partial charge in [-0.1, -0.05) is 6.92 Å². The topological polar surface area (TPSA) is 58.9 Å². The van der Waals surface area contributed by atoms with Crippen molar-refractivity contribution in [2.45, 2.75) is 25.6 Å². The number of methoxy groups -OCH3 is 1. The minimum Gasteiger partial charge on any atom is -0.376 e. The SMILES string of the molecule is COC1C(O)OC(O)[C@@H]1C. The Labute approximate surface area is 59.4 Å². The lowest BCUT2D eigenvalue weighted by atomic mass is 10.1. The van der Waals surface area contributed by atoms with Crippen LogP contribution in [0.2, 0.25) is 0 Å². The second-order valence-corrected chi connectivity index (χ2v) is 2.48. The third-order valence-corrected chi connectivity index (χ3v) is 1.80. The predicted molar refractivity (Wildman–Crippen MR) is 33.1 cm³/mol. The Bertz CT molecular complexity index is 116. The first kappa shape index (κ1) is 7.94. The van der Waals surface area contributed by atoms with Gasteiger partial charge in [0.05, 0.1) is 0 Å². The van der Waals surface area contributed by atoms with E-state index in [1.54, 1.807) is 6.92 Å². The fourth-order valence-corrected chi connectivity index (χ4v) is 1.10. The van der Waals surface area contributed by atoms with E-state index >= 15 is 0 Å². The van der Waals surface area contributed by atoms with Gasteiger partial charge in [0.15, 0.2) is 12.6 Å². The largest absolute Gasteiger partial charge is 0.376 e. The fraction of sp³-hybridized carbons (Fsp3) is 1.00. The molecular formula is C6H12O4. The lowest BCUT2D eigenvalue weighted by Gasteiger charge is -2.13. The van der Waals surface area contributed by atoms with E-state index < -0.39 is 18.7 Å². The van der Waals surface area contributed by atoms with Gasteiger partial charge in [0, 0.05) is 13.0 Å². The molecule has 1 rings (SSSR count). The van der Waals surface area contributed by atoms with E-state index in [9.17, 15) is 0 Å². The van der Waals surface area contributed by atoms with Crippen LogP contribution in [0.25, 0.3) is 0 Å². The highest BCUT2D eigenvalue weighted by Crippen LogP contribution is 2.25. The molecule has 1 saturated heterocycles. The summed E-state index contributed by atoms with van der Waals surface area (Å²) in [5, 5.41) is 18.0. The zero-order valence-electron chi connectivity index (χ0n) is 6.02. The van der Waals surface area contributed by atoms with Gasteiger partial charge in [-0.2, -0.15) is 0 Å². The summed E-state index contributed by atoms with van der Waals surface area (Å²) in [6.45, 7) is 1.76. The number of aliphatic hydroxyl groups is 2. The smallest absolute Gasteiger partial charge is 0.184 e. The molecule has 0 amide bonds. The van der Waals surface area contributed by atoms with Crippen molar-refractivity contribution >= 4 is 0 Å². The predicted octanol–water partition coefficient (Wildman–Crippen LogP) is -0.696. The molecule has 2 N–H and O–H groups in total. The Morgan fingerprint density at radius 1 is 1.30 bits per heavy atom. The Hall–Kier alpha value is -0.160. The summed E-state index contributed by atoms with van der Waals surface area (Å²) in [5.74, 6) is -0.167. The fourth-order valence-electron chi connectivity index (χ4n) is 1.10. The molecule has 4 heteroatoms. The highest BCUT2D eigenvalue weighted by molar-refractivity contribution is 4.77. The van der Waals surface area contributed by atoms with Gasteiger partial charge in [-0.3, -0.25) is 0 Å². The molecule has 4 atom stereocenters. The van der Waals surface area contributed by atoms with Gasteiger partial charge >= 0.3 is 0 Å². The molecule has 0 aromatic carbocycles. The standard InChI is InChI=1S/C6H12O4/c1-3-4(9-2)6(8)10-5(3)7/h3-8H,1-2H3/t3-,4?,5?,6?/m1/s1. The third-order valence-electron chi connectivity index (χ3n) is 1.80. The van der Waals surface area contributed by atoms with Gasteiger partial charge < -0.3 is 19.7 Å². The molecule has 0 aromatic rings. The molecular weight excluding hydrogens is 136 g/mol. The Kier molecular flexibility index (Phi) is 2.25. The summed E-state index contributed by atoms with van der Waals surface area (Å²) in [5.41, 5.74) is 0. The number of aliphatic hydroxyl groups excluding tert-OH is 2. The first-order chi connectivity index (χ1) is 4.66. The summed E-state index contributed by atoms with van der Waals surface area (Å²) in [4.78, 5) is 0. The van der Waals surface area contributed by atoms with Crippen LogP contribution in [0.3, 0.4) is 0 Å². The molecule has 4 nitrogen and oxygen atoms in total. The van der Waals surface area contributed by atoms with Crippen LogP contribution in [-0.4, -0.2) is 36.0 Å². The summed E-state index contributed by atoms with van der Waals surface area (Å²) in [7, 11) is 1.48. The maximum atomic E-state index is 9.02. The quantitative estimate of drug-likeness (QED) is 0.516. The van der Waals surface area contributed by atoms with Crippen LogP contribution in [0.5, 0.6) is 0 Å². The van der Waals surface area contributed by atoms with E-state index in [1.807, 2.05) is 0 Å². The van der Waals surface area contributed by atoms with Crippen LogP contribution >= 0.6 is 0 Å². The molecule has 10 heavy (non-hydrogen) atoms. The van der Waals surface area contributed by atoms with E-state index in [0.717, 1.165) is 0 Å². The maximum Gasteiger partial charge on any atom is 0.184 e. The lowest BCUT2D eigenvalue weighted by Crippen LogP contribution is -2.27. The molecule has 0 spiro atoms. The van der Waals surface area contributed by atoms with Crippen LogP contribution in [0.1, 0.15) is 6.92 Å². The molecule has 1 heterocycles. The van der Waals surface area contributed by atoms with Crippen molar-refractivity contribution in [2.24, 2.45) is 5.92 Å². The molecule has 3 unspecified atom stereocenters. The number of hydrogen-bond acceptors (Lipinski definition) is 4. The molecule has 0 aliphatic carbocycles. The van der Waals surface area contributed by atoms with Crippen molar-refractivity contribution < 1.29 is 19.7 Å². The summed E-state index contributed by atoms with van der Waals surface area (Å²) < 4.78 is 9.53. The second-order valence-electron chi connectivity index (χ2n) is 2.48. The van der Waals surface area contributed by atoms with Gasteiger partial charge in [0.2, 0.25) is 0 Å². The van der Waals surface area contributed by atoms with Gasteiger partial charge in [0.25, 0.3) is 0 Å². The zero-order chi connectivity index (χ0) is 7.72. The van der Waals surface area contributed by atoms with Crippen LogP contribution in [-0.2, 0) is 9.47 Å². The van der Waals surface area contributed by atoms with Crippen molar-refractivity contribution in [1.82, 2.24) is 0 Å². The highest BCUT2D eigenvalue weighted by Gasteiger charge is 2.40. The van der Waals surface area contributed by atoms with Crippen LogP contribution in [0.15, 0.2) is 0 Å². The first-order valence-corrected chi connectivity index (χ1v) is 3.21. The van der Waals surface area contributed by atoms with Crippen LogP contribution in [0.4, 0.5) is 0 Å². The van der Waals surface area contributed by atoms with Crippen molar-refractivity contribution in [3.8, 4) is 0 Å². The monoisotopic (exact) mass is 148 g/mol. The molecule has 1 aliphatic heterocycles. The first-order valence-electron chi connectivity index (χ1n) is 3.21. The third kappa shape index (κ3) is 1.15. The van der Waals surface area contributed by atoms with E-state index in [1.165, 1.54) is 7.11 Å². The minimum atomic E-state index is -0.991. The number of ether oxygens (including phenoxy) is 2. The van der Waals surface area contributed by atoms with Crippen LogP contribution in [0, 0.1) is 5.92 Å². The Morgan fingerprint density at radius 3 is 2.10 bits per heavy atom. The van der Waals surface area contributed by atoms with Gasteiger partial charge in [-0.25, -0.2) is 0 Å². The van der Waals surface area contributed by atoms with Gasteiger partial charge in [0.1, 0.15) is 6.10 Å². The lowest BCUT2D eigenvalue weighted by molar-refractivity contribution is -0.180. The van der Waals surface area contributed by atoms with Crippen molar-refractivity contribution in [3.05, 3.63) is 0 Å². The Balaban J connectivity index is 2.55. The zero-order valence-corrected chi connectivity index (χ0v) is 6.02. The highest BCUT2D eigenvalue weighted by atomic mass is 16.7. The second kappa shape index (κ2) is 2.84. The molecule has 0 radical (unpaired) electrons. The van der Waals surface area contributed by atoms with Gasteiger partial charge in [-0.05, 0) is 0 Å². The van der Waals surface area contributed by atoms with Crippen LogP contribution < -0.4 is 0 Å². The van der Waals surface area contributed by atoms with E-state index in [4.69, 9.17) is 14.9 Å². The minimum absolute atomic E-state index is 0.167. The van der Waals surface area contributed by atoms with Crippen molar-refractivity contribution in [3.63, 3.8) is 0 Å². The normalized spacial score (nSPS) is 48.0. The number of rotatable bonds is 1. The summed E-state index contributed by atoms with van der Waals surface area (Å²) in [6.07, 6.45) is -2.30. The maximum absolute atomic E-state index is 9.02.